The fourth-order valence-electron chi connectivity index (χ4n) is 1.84. The molecule has 1 aromatic carbocycles. The Morgan fingerprint density at radius 3 is 2.88 bits per heavy atom. The van der Waals surface area contributed by atoms with Crippen LogP contribution in [0.5, 0.6) is 0 Å². The van der Waals surface area contributed by atoms with E-state index in [1.54, 1.807) is 6.08 Å². The molecule has 0 radical (unpaired) electrons. The van der Waals surface area contributed by atoms with Gasteiger partial charge in [0.2, 0.25) is 5.91 Å². The van der Waals surface area contributed by atoms with Gasteiger partial charge in [-0.1, -0.05) is 30.3 Å². The molecule has 1 saturated heterocycles. The summed E-state index contributed by atoms with van der Waals surface area (Å²) < 4.78 is 5.31. The first-order valence-electron chi connectivity index (χ1n) is 5.96. The molecule has 90 valence electrons. The zero-order chi connectivity index (χ0) is 11.9. The minimum atomic E-state index is -0.0515. The van der Waals surface area contributed by atoms with E-state index in [0.29, 0.717) is 6.61 Å². The van der Waals surface area contributed by atoms with Crippen molar-refractivity contribution in [2.24, 2.45) is 0 Å². The van der Waals surface area contributed by atoms with E-state index in [1.807, 2.05) is 36.4 Å². The van der Waals surface area contributed by atoms with E-state index in [1.165, 1.54) is 0 Å². The Balaban J connectivity index is 1.82. The summed E-state index contributed by atoms with van der Waals surface area (Å²) in [5, 5.41) is 2.94. The number of hydrogen-bond donors (Lipinski definition) is 1. The normalized spacial score (nSPS) is 20.4. The Labute approximate surface area is 101 Å². The molecule has 1 atom stereocenters. The molecule has 1 aliphatic rings. The molecule has 1 aliphatic heterocycles. The number of amides is 1. The minimum Gasteiger partial charge on any atom is -0.379 e. The van der Waals surface area contributed by atoms with E-state index < -0.39 is 0 Å². The predicted molar refractivity (Wildman–Crippen MR) is 67.5 cm³/mol. The van der Waals surface area contributed by atoms with Crippen LogP contribution in [0.3, 0.4) is 0 Å². The standard InChI is InChI=1S/C14H17NO2/c16-14(15-13-7-4-10-17-11-13)9-8-12-5-2-1-3-6-12/h1-3,5-6,8-9,13H,4,7,10-11H2,(H,15,16)/b9-8+/t13-/m1/s1. The molecule has 2 rings (SSSR count). The van der Waals surface area contributed by atoms with E-state index >= 15 is 0 Å². The Morgan fingerprint density at radius 2 is 2.18 bits per heavy atom. The van der Waals surface area contributed by atoms with Crippen LogP contribution in [-0.4, -0.2) is 25.2 Å². The van der Waals surface area contributed by atoms with Crippen molar-refractivity contribution in [1.29, 1.82) is 0 Å². The van der Waals surface area contributed by atoms with Gasteiger partial charge in [-0.3, -0.25) is 4.79 Å². The van der Waals surface area contributed by atoms with E-state index in [4.69, 9.17) is 4.74 Å². The second-order valence-electron chi connectivity index (χ2n) is 4.17. The van der Waals surface area contributed by atoms with Crippen molar-refractivity contribution in [3.63, 3.8) is 0 Å². The van der Waals surface area contributed by atoms with Crippen molar-refractivity contribution in [2.45, 2.75) is 18.9 Å². The number of carbonyl (C=O) groups excluding carboxylic acids is 1. The number of ether oxygens (including phenoxy) is 1. The summed E-state index contributed by atoms with van der Waals surface area (Å²) in [7, 11) is 0. The third-order valence-electron chi connectivity index (χ3n) is 2.73. The first kappa shape index (κ1) is 11.9. The van der Waals surface area contributed by atoms with Gasteiger partial charge in [0.25, 0.3) is 0 Å². The van der Waals surface area contributed by atoms with Crippen molar-refractivity contribution in [2.75, 3.05) is 13.2 Å². The maximum absolute atomic E-state index is 11.6. The Morgan fingerprint density at radius 1 is 1.35 bits per heavy atom. The highest BCUT2D eigenvalue weighted by atomic mass is 16.5. The summed E-state index contributed by atoms with van der Waals surface area (Å²) in [6.45, 7) is 1.44. The number of carbonyl (C=O) groups is 1. The molecule has 3 heteroatoms. The largest absolute Gasteiger partial charge is 0.379 e. The smallest absolute Gasteiger partial charge is 0.244 e. The van der Waals surface area contributed by atoms with Gasteiger partial charge in [0, 0.05) is 12.7 Å². The maximum atomic E-state index is 11.6. The Bertz CT molecular complexity index is 380. The summed E-state index contributed by atoms with van der Waals surface area (Å²) in [6.07, 6.45) is 5.42. The van der Waals surface area contributed by atoms with E-state index in [2.05, 4.69) is 5.32 Å². The van der Waals surface area contributed by atoms with Crippen LogP contribution in [0.4, 0.5) is 0 Å². The molecule has 3 nitrogen and oxygen atoms in total. The third kappa shape index (κ3) is 4.04. The molecule has 1 aromatic rings. The first-order valence-corrected chi connectivity index (χ1v) is 5.96. The zero-order valence-electron chi connectivity index (χ0n) is 9.76. The lowest BCUT2D eigenvalue weighted by Crippen LogP contribution is -2.39. The molecule has 1 fully saturated rings. The summed E-state index contributed by atoms with van der Waals surface area (Å²) in [5.41, 5.74) is 1.03. The quantitative estimate of drug-likeness (QED) is 0.808. The highest BCUT2D eigenvalue weighted by molar-refractivity contribution is 5.91. The van der Waals surface area contributed by atoms with Gasteiger partial charge in [-0.15, -0.1) is 0 Å². The maximum Gasteiger partial charge on any atom is 0.244 e. The molecule has 0 aliphatic carbocycles. The number of rotatable bonds is 3. The zero-order valence-corrected chi connectivity index (χ0v) is 9.76. The van der Waals surface area contributed by atoms with Gasteiger partial charge in [-0.05, 0) is 24.5 Å². The molecule has 1 heterocycles. The monoisotopic (exact) mass is 231 g/mol. The first-order chi connectivity index (χ1) is 8.34. The highest BCUT2D eigenvalue weighted by Crippen LogP contribution is 2.06. The lowest BCUT2D eigenvalue weighted by molar-refractivity contribution is -0.118. The van der Waals surface area contributed by atoms with Crippen LogP contribution in [-0.2, 0) is 9.53 Å². The summed E-state index contributed by atoms with van der Waals surface area (Å²) in [4.78, 5) is 11.6. The van der Waals surface area contributed by atoms with Gasteiger partial charge < -0.3 is 10.1 Å². The van der Waals surface area contributed by atoms with Crippen molar-refractivity contribution >= 4 is 12.0 Å². The SMILES string of the molecule is O=C(/C=C/c1ccccc1)N[C@@H]1CCCOC1. The van der Waals surface area contributed by atoms with Gasteiger partial charge in [-0.2, -0.15) is 0 Å². The van der Waals surface area contributed by atoms with Crippen molar-refractivity contribution in [1.82, 2.24) is 5.32 Å². The topological polar surface area (TPSA) is 38.3 Å². The number of hydrogen-bond acceptors (Lipinski definition) is 2. The molecule has 0 aromatic heterocycles. The van der Waals surface area contributed by atoms with Gasteiger partial charge in [-0.25, -0.2) is 0 Å². The van der Waals surface area contributed by atoms with Crippen molar-refractivity contribution in [3.05, 3.63) is 42.0 Å². The third-order valence-corrected chi connectivity index (χ3v) is 2.73. The second kappa shape index (κ2) is 6.21. The van der Waals surface area contributed by atoms with Crippen LogP contribution in [0.15, 0.2) is 36.4 Å². The van der Waals surface area contributed by atoms with Crippen molar-refractivity contribution in [3.8, 4) is 0 Å². The van der Waals surface area contributed by atoms with Crippen LogP contribution in [0.25, 0.3) is 6.08 Å². The Kier molecular flexibility index (Phi) is 4.33. The molecule has 0 saturated carbocycles. The summed E-state index contributed by atoms with van der Waals surface area (Å²) >= 11 is 0. The summed E-state index contributed by atoms with van der Waals surface area (Å²) in [6, 6.07) is 9.95. The van der Waals surface area contributed by atoms with Gasteiger partial charge in [0.05, 0.1) is 12.6 Å². The van der Waals surface area contributed by atoms with E-state index in [-0.39, 0.29) is 11.9 Å². The molecule has 0 spiro atoms. The fraction of sp³-hybridized carbons (Fsp3) is 0.357. The van der Waals surface area contributed by atoms with Gasteiger partial charge >= 0.3 is 0 Å². The Hall–Kier alpha value is -1.61. The molecule has 0 unspecified atom stereocenters. The van der Waals surface area contributed by atoms with Crippen LogP contribution < -0.4 is 5.32 Å². The fourth-order valence-corrected chi connectivity index (χ4v) is 1.84. The van der Waals surface area contributed by atoms with Crippen LogP contribution in [0.2, 0.25) is 0 Å². The lowest BCUT2D eigenvalue weighted by atomic mass is 10.1. The second-order valence-corrected chi connectivity index (χ2v) is 4.17. The van der Waals surface area contributed by atoms with Crippen LogP contribution in [0.1, 0.15) is 18.4 Å². The molecule has 1 N–H and O–H groups in total. The van der Waals surface area contributed by atoms with Crippen molar-refractivity contribution < 1.29 is 9.53 Å². The lowest BCUT2D eigenvalue weighted by Gasteiger charge is -2.22. The summed E-state index contributed by atoms with van der Waals surface area (Å²) in [5.74, 6) is -0.0515. The van der Waals surface area contributed by atoms with Crippen LogP contribution >= 0.6 is 0 Å². The molecule has 17 heavy (non-hydrogen) atoms. The van der Waals surface area contributed by atoms with Gasteiger partial charge in [0.1, 0.15) is 0 Å². The average molecular weight is 231 g/mol. The van der Waals surface area contributed by atoms with E-state index in [0.717, 1.165) is 25.0 Å². The van der Waals surface area contributed by atoms with Gasteiger partial charge in [0.15, 0.2) is 0 Å². The number of benzene rings is 1. The van der Waals surface area contributed by atoms with Crippen LogP contribution in [0, 0.1) is 0 Å². The average Bonchev–Trinajstić information content (AvgIpc) is 2.39. The van der Waals surface area contributed by atoms with E-state index in [9.17, 15) is 4.79 Å². The molecule has 1 amide bonds. The molecular weight excluding hydrogens is 214 g/mol. The molecular formula is C14H17NO2. The minimum absolute atomic E-state index is 0.0515. The highest BCUT2D eigenvalue weighted by Gasteiger charge is 2.14. The molecule has 0 bridgehead atoms. The predicted octanol–water partition coefficient (Wildman–Crippen LogP) is 2.00. The number of nitrogens with one attached hydrogen (secondary N) is 1.